The van der Waals surface area contributed by atoms with Crippen LogP contribution in [0, 0.1) is 0 Å². The molecule has 0 radical (unpaired) electrons. The SMILES string of the molecule is CC(C)Oc1ncc(Br)cc1C(=O)O. The third kappa shape index (κ3) is 2.70. The van der Waals surface area contributed by atoms with E-state index in [9.17, 15) is 4.79 Å². The highest BCUT2D eigenvalue weighted by Gasteiger charge is 2.14. The van der Waals surface area contributed by atoms with E-state index in [2.05, 4.69) is 20.9 Å². The molecule has 0 saturated heterocycles. The van der Waals surface area contributed by atoms with Crippen molar-refractivity contribution in [3.63, 3.8) is 0 Å². The molecule has 1 aromatic heterocycles. The van der Waals surface area contributed by atoms with Crippen LogP contribution in [0.15, 0.2) is 16.7 Å². The van der Waals surface area contributed by atoms with Crippen LogP contribution in [0.5, 0.6) is 5.88 Å². The number of pyridine rings is 1. The van der Waals surface area contributed by atoms with Gasteiger partial charge in [-0.1, -0.05) is 0 Å². The zero-order valence-electron chi connectivity index (χ0n) is 7.82. The number of carboxylic acid groups (broad SMARTS) is 1. The molecule has 0 unspecified atom stereocenters. The molecule has 5 heteroatoms. The molecule has 0 aliphatic heterocycles. The third-order valence-electron chi connectivity index (χ3n) is 1.40. The number of ether oxygens (including phenoxy) is 1. The van der Waals surface area contributed by atoms with Crippen LogP contribution in [-0.2, 0) is 0 Å². The van der Waals surface area contributed by atoms with Gasteiger partial charge in [0.2, 0.25) is 5.88 Å². The molecular formula is C9H10BrNO3. The van der Waals surface area contributed by atoms with E-state index in [4.69, 9.17) is 9.84 Å². The van der Waals surface area contributed by atoms with Crippen LogP contribution in [0.3, 0.4) is 0 Å². The molecule has 1 heterocycles. The Hall–Kier alpha value is -1.10. The summed E-state index contributed by atoms with van der Waals surface area (Å²) in [5.41, 5.74) is 0.0630. The van der Waals surface area contributed by atoms with Crippen LogP contribution >= 0.6 is 15.9 Å². The van der Waals surface area contributed by atoms with Crippen molar-refractivity contribution < 1.29 is 14.6 Å². The van der Waals surface area contributed by atoms with E-state index in [1.807, 2.05) is 13.8 Å². The molecule has 0 spiro atoms. The number of hydrogen-bond donors (Lipinski definition) is 1. The number of rotatable bonds is 3. The van der Waals surface area contributed by atoms with Gasteiger partial charge < -0.3 is 9.84 Å². The van der Waals surface area contributed by atoms with Gasteiger partial charge in [-0.25, -0.2) is 9.78 Å². The Morgan fingerprint density at radius 1 is 1.64 bits per heavy atom. The van der Waals surface area contributed by atoms with Gasteiger partial charge in [-0.15, -0.1) is 0 Å². The molecule has 4 nitrogen and oxygen atoms in total. The van der Waals surface area contributed by atoms with E-state index in [1.165, 1.54) is 12.3 Å². The number of carboxylic acids is 1. The van der Waals surface area contributed by atoms with Gasteiger partial charge in [0.15, 0.2) is 0 Å². The highest BCUT2D eigenvalue weighted by Crippen LogP contribution is 2.20. The first kappa shape index (κ1) is 11.0. The number of aromatic nitrogens is 1. The molecule has 14 heavy (non-hydrogen) atoms. The maximum absolute atomic E-state index is 10.8. The summed E-state index contributed by atoms with van der Waals surface area (Å²) >= 11 is 3.15. The summed E-state index contributed by atoms with van der Waals surface area (Å²) in [5.74, 6) is -0.898. The monoisotopic (exact) mass is 259 g/mol. The summed E-state index contributed by atoms with van der Waals surface area (Å²) in [6.07, 6.45) is 1.41. The number of halogens is 1. The molecule has 0 aliphatic rings. The highest BCUT2D eigenvalue weighted by molar-refractivity contribution is 9.10. The molecule has 0 fully saturated rings. The lowest BCUT2D eigenvalue weighted by atomic mass is 10.3. The highest BCUT2D eigenvalue weighted by atomic mass is 79.9. The first-order valence-electron chi connectivity index (χ1n) is 4.06. The van der Waals surface area contributed by atoms with E-state index in [1.54, 1.807) is 0 Å². The van der Waals surface area contributed by atoms with Gasteiger partial charge in [0, 0.05) is 10.7 Å². The van der Waals surface area contributed by atoms with Crippen molar-refractivity contribution in [1.82, 2.24) is 4.98 Å². The van der Waals surface area contributed by atoms with Crippen molar-refractivity contribution >= 4 is 21.9 Å². The van der Waals surface area contributed by atoms with Crippen LogP contribution in [0.25, 0.3) is 0 Å². The summed E-state index contributed by atoms with van der Waals surface area (Å²) in [6, 6.07) is 1.47. The van der Waals surface area contributed by atoms with Crippen molar-refractivity contribution in [2.45, 2.75) is 20.0 Å². The fourth-order valence-corrected chi connectivity index (χ4v) is 1.23. The second-order valence-corrected chi connectivity index (χ2v) is 3.89. The van der Waals surface area contributed by atoms with Gasteiger partial charge >= 0.3 is 5.97 Å². The lowest BCUT2D eigenvalue weighted by Crippen LogP contribution is -2.11. The molecule has 0 aromatic carbocycles. The Bertz CT molecular complexity index is 352. The van der Waals surface area contributed by atoms with Crippen molar-refractivity contribution in [2.75, 3.05) is 0 Å². The van der Waals surface area contributed by atoms with E-state index in [-0.39, 0.29) is 17.5 Å². The van der Waals surface area contributed by atoms with Crippen molar-refractivity contribution in [1.29, 1.82) is 0 Å². The molecule has 0 aliphatic carbocycles. The second kappa shape index (κ2) is 4.41. The van der Waals surface area contributed by atoms with E-state index in [0.29, 0.717) is 4.47 Å². The minimum atomic E-state index is -1.05. The number of nitrogens with zero attached hydrogens (tertiary/aromatic N) is 1. The molecule has 1 aromatic rings. The van der Waals surface area contributed by atoms with Gasteiger partial charge in [0.25, 0.3) is 0 Å². The number of hydrogen-bond acceptors (Lipinski definition) is 3. The molecule has 0 atom stereocenters. The average molecular weight is 260 g/mol. The molecular weight excluding hydrogens is 250 g/mol. The quantitative estimate of drug-likeness (QED) is 0.906. The molecule has 0 amide bonds. The number of aromatic carboxylic acids is 1. The zero-order valence-corrected chi connectivity index (χ0v) is 9.41. The molecule has 1 rings (SSSR count). The maximum atomic E-state index is 10.8. The fourth-order valence-electron chi connectivity index (χ4n) is 0.897. The van der Waals surface area contributed by atoms with Crippen LogP contribution in [0.1, 0.15) is 24.2 Å². The van der Waals surface area contributed by atoms with Gasteiger partial charge in [-0.3, -0.25) is 0 Å². The summed E-state index contributed by atoms with van der Waals surface area (Å²) in [7, 11) is 0. The predicted octanol–water partition coefficient (Wildman–Crippen LogP) is 2.33. The van der Waals surface area contributed by atoms with Crippen LogP contribution in [0.4, 0.5) is 0 Å². The maximum Gasteiger partial charge on any atom is 0.341 e. The van der Waals surface area contributed by atoms with Crippen molar-refractivity contribution in [3.8, 4) is 5.88 Å². The Morgan fingerprint density at radius 3 is 2.79 bits per heavy atom. The van der Waals surface area contributed by atoms with Crippen LogP contribution in [-0.4, -0.2) is 22.2 Å². The molecule has 0 bridgehead atoms. The summed E-state index contributed by atoms with van der Waals surface area (Å²) in [6.45, 7) is 3.63. The fraction of sp³-hybridized carbons (Fsp3) is 0.333. The van der Waals surface area contributed by atoms with Crippen LogP contribution in [0.2, 0.25) is 0 Å². The number of carbonyl (C=O) groups is 1. The Kier molecular flexibility index (Phi) is 3.46. The summed E-state index contributed by atoms with van der Waals surface area (Å²) in [4.78, 5) is 14.7. The van der Waals surface area contributed by atoms with E-state index in [0.717, 1.165) is 0 Å². The summed E-state index contributed by atoms with van der Waals surface area (Å²) < 4.78 is 5.87. The lowest BCUT2D eigenvalue weighted by molar-refractivity contribution is 0.0689. The lowest BCUT2D eigenvalue weighted by Gasteiger charge is -2.10. The first-order chi connectivity index (χ1) is 6.50. The Balaban J connectivity index is 3.08. The normalized spacial score (nSPS) is 10.3. The predicted molar refractivity (Wildman–Crippen MR) is 54.7 cm³/mol. The van der Waals surface area contributed by atoms with E-state index < -0.39 is 5.97 Å². The smallest absolute Gasteiger partial charge is 0.341 e. The van der Waals surface area contributed by atoms with Gasteiger partial charge in [-0.05, 0) is 35.8 Å². The average Bonchev–Trinajstić information content (AvgIpc) is 2.07. The largest absolute Gasteiger partial charge is 0.477 e. The molecule has 76 valence electrons. The van der Waals surface area contributed by atoms with Crippen molar-refractivity contribution in [3.05, 3.63) is 22.3 Å². The Labute approximate surface area is 90.0 Å². The second-order valence-electron chi connectivity index (χ2n) is 2.98. The first-order valence-corrected chi connectivity index (χ1v) is 4.85. The van der Waals surface area contributed by atoms with E-state index >= 15 is 0 Å². The van der Waals surface area contributed by atoms with Gasteiger partial charge in [0.05, 0.1) is 6.10 Å². The van der Waals surface area contributed by atoms with Crippen molar-refractivity contribution in [2.24, 2.45) is 0 Å². The topological polar surface area (TPSA) is 59.4 Å². The molecule has 1 N–H and O–H groups in total. The third-order valence-corrected chi connectivity index (χ3v) is 1.83. The zero-order chi connectivity index (χ0) is 10.7. The summed E-state index contributed by atoms with van der Waals surface area (Å²) in [5, 5.41) is 8.86. The Morgan fingerprint density at radius 2 is 2.29 bits per heavy atom. The van der Waals surface area contributed by atoms with Gasteiger partial charge in [-0.2, -0.15) is 0 Å². The minimum absolute atomic E-state index is 0.0630. The standard InChI is InChI=1S/C9H10BrNO3/c1-5(2)14-8-7(9(12)13)3-6(10)4-11-8/h3-5H,1-2H3,(H,12,13). The van der Waals surface area contributed by atoms with Crippen LogP contribution < -0.4 is 4.74 Å². The molecule has 0 saturated carbocycles. The van der Waals surface area contributed by atoms with Gasteiger partial charge in [0.1, 0.15) is 5.56 Å². The minimum Gasteiger partial charge on any atom is -0.477 e.